The van der Waals surface area contributed by atoms with Gasteiger partial charge in [-0.2, -0.15) is 0 Å². The Morgan fingerprint density at radius 1 is 1.31 bits per heavy atom. The van der Waals surface area contributed by atoms with Gasteiger partial charge in [-0.15, -0.1) is 11.8 Å². The predicted octanol–water partition coefficient (Wildman–Crippen LogP) is 3.98. The molecule has 2 N–H and O–H groups in total. The molecule has 1 unspecified atom stereocenters. The summed E-state index contributed by atoms with van der Waals surface area (Å²) >= 11 is 6.93. The van der Waals surface area contributed by atoms with Crippen LogP contribution >= 0.6 is 23.4 Å². The lowest BCUT2D eigenvalue weighted by Crippen LogP contribution is -2.33. The van der Waals surface area contributed by atoms with E-state index in [1.165, 1.54) is 6.20 Å². The fraction of sp³-hybridized carbons (Fsp3) is 0.381. The second-order valence-corrected chi connectivity index (χ2v) is 10.1. The van der Waals surface area contributed by atoms with Gasteiger partial charge in [0.05, 0.1) is 16.8 Å². The first-order valence-corrected chi connectivity index (χ1v) is 11.0. The molecule has 0 aliphatic carbocycles. The molecule has 1 atom stereocenters. The van der Waals surface area contributed by atoms with E-state index in [2.05, 4.69) is 15.0 Å². The quantitative estimate of drug-likeness (QED) is 0.419. The average Bonchev–Trinajstić information content (AvgIpc) is 2.67. The van der Waals surface area contributed by atoms with E-state index in [4.69, 9.17) is 11.6 Å². The molecule has 0 bridgehead atoms. The molecule has 0 aliphatic heterocycles. The maximum atomic E-state index is 14.0. The first-order valence-electron chi connectivity index (χ1n) is 9.72. The van der Waals surface area contributed by atoms with Crippen LogP contribution in [0.15, 0.2) is 32.8 Å². The van der Waals surface area contributed by atoms with Crippen molar-refractivity contribution in [2.75, 3.05) is 0 Å². The van der Waals surface area contributed by atoms with E-state index in [1.807, 2.05) is 13.8 Å². The van der Waals surface area contributed by atoms with Gasteiger partial charge in [0, 0.05) is 11.1 Å². The Labute approximate surface area is 191 Å². The number of pyridine rings is 2. The topological polar surface area (TPSA) is 118 Å². The second-order valence-electron chi connectivity index (χ2n) is 8.63. The number of nitrogens with one attached hydrogen (secondary N) is 1. The van der Waals surface area contributed by atoms with Crippen molar-refractivity contribution in [3.05, 3.63) is 55.8 Å². The summed E-state index contributed by atoms with van der Waals surface area (Å²) in [5.74, 6) is -2.09. The maximum Gasteiger partial charge on any atom is 0.334 e. The van der Waals surface area contributed by atoms with Crippen LogP contribution in [0.25, 0.3) is 16.7 Å². The van der Waals surface area contributed by atoms with E-state index in [-0.39, 0.29) is 22.6 Å². The van der Waals surface area contributed by atoms with E-state index in [9.17, 15) is 23.9 Å². The molecule has 3 aromatic heterocycles. The number of carbonyl (C=O) groups is 1. The number of aromatic amines is 1. The lowest BCUT2D eigenvalue weighted by molar-refractivity contribution is -0.138. The van der Waals surface area contributed by atoms with Gasteiger partial charge < -0.3 is 5.11 Å². The molecular formula is C21H22ClFN4O4S. The van der Waals surface area contributed by atoms with Crippen molar-refractivity contribution in [3.63, 3.8) is 0 Å². The molecule has 3 rings (SSSR count). The van der Waals surface area contributed by atoms with Crippen LogP contribution in [0.1, 0.15) is 46.2 Å². The summed E-state index contributed by atoms with van der Waals surface area (Å²) in [6.07, 6.45) is 1.53. The molecular weight excluding hydrogens is 459 g/mol. The van der Waals surface area contributed by atoms with Gasteiger partial charge in [0.2, 0.25) is 0 Å². The van der Waals surface area contributed by atoms with Crippen molar-refractivity contribution >= 4 is 40.4 Å². The number of carboxylic acids is 1. The Hall–Kier alpha value is -2.72. The highest BCUT2D eigenvalue weighted by atomic mass is 35.5. The third-order valence-electron chi connectivity index (χ3n) is 4.73. The lowest BCUT2D eigenvalue weighted by Gasteiger charge is -2.28. The van der Waals surface area contributed by atoms with Crippen LogP contribution in [0.5, 0.6) is 0 Å². The Bertz CT molecular complexity index is 1330. The monoisotopic (exact) mass is 480 g/mol. The summed E-state index contributed by atoms with van der Waals surface area (Å²) in [5.41, 5.74) is -1.65. The van der Waals surface area contributed by atoms with E-state index >= 15 is 0 Å². The van der Waals surface area contributed by atoms with Gasteiger partial charge in [0.25, 0.3) is 5.56 Å². The highest BCUT2D eigenvalue weighted by Gasteiger charge is 2.34. The fourth-order valence-electron chi connectivity index (χ4n) is 3.24. The Kier molecular flexibility index (Phi) is 6.48. The Morgan fingerprint density at radius 2 is 1.97 bits per heavy atom. The predicted molar refractivity (Wildman–Crippen MR) is 122 cm³/mol. The number of aromatic nitrogens is 4. The zero-order chi connectivity index (χ0) is 24.0. The van der Waals surface area contributed by atoms with E-state index in [0.29, 0.717) is 10.6 Å². The highest BCUT2D eigenvalue weighted by molar-refractivity contribution is 8.00. The summed E-state index contributed by atoms with van der Waals surface area (Å²) in [6, 6.07) is 2.51. The van der Waals surface area contributed by atoms with Crippen molar-refractivity contribution in [3.8, 4) is 5.69 Å². The number of H-pyrrole nitrogens is 1. The number of halogens is 2. The molecule has 0 fully saturated rings. The van der Waals surface area contributed by atoms with Crippen LogP contribution in [0.3, 0.4) is 0 Å². The Morgan fingerprint density at radius 3 is 2.53 bits per heavy atom. The van der Waals surface area contributed by atoms with Crippen molar-refractivity contribution in [1.82, 2.24) is 19.5 Å². The third-order valence-corrected chi connectivity index (χ3v) is 6.73. The number of hydrogen-bond acceptors (Lipinski definition) is 6. The molecule has 0 radical (unpaired) electrons. The van der Waals surface area contributed by atoms with Gasteiger partial charge in [-0.05, 0) is 23.5 Å². The molecule has 11 heteroatoms. The smallest absolute Gasteiger partial charge is 0.334 e. The first kappa shape index (κ1) is 23.9. The minimum atomic E-state index is -1.02. The van der Waals surface area contributed by atoms with Gasteiger partial charge in [-0.3, -0.25) is 19.6 Å². The van der Waals surface area contributed by atoms with E-state index in [0.717, 1.165) is 22.4 Å². The minimum absolute atomic E-state index is 0.149. The van der Waals surface area contributed by atoms with Crippen LogP contribution in [-0.2, 0) is 4.79 Å². The molecule has 0 spiro atoms. The molecule has 0 aromatic carbocycles. The van der Waals surface area contributed by atoms with Crippen LogP contribution in [-0.4, -0.2) is 35.8 Å². The van der Waals surface area contributed by atoms with Crippen LogP contribution in [0.2, 0.25) is 5.15 Å². The maximum absolute atomic E-state index is 14.0. The third kappa shape index (κ3) is 4.42. The summed E-state index contributed by atoms with van der Waals surface area (Å²) < 4.78 is 15.1. The zero-order valence-corrected chi connectivity index (χ0v) is 19.6. The molecule has 3 heterocycles. The number of aliphatic carboxylic acids is 1. The van der Waals surface area contributed by atoms with Gasteiger partial charge in [0.15, 0.2) is 16.6 Å². The average molecular weight is 481 g/mol. The number of carboxylic acid groups (broad SMARTS) is 1. The lowest BCUT2D eigenvalue weighted by atomic mass is 9.92. The number of rotatable bonds is 5. The molecule has 0 saturated carbocycles. The minimum Gasteiger partial charge on any atom is -0.480 e. The molecule has 0 amide bonds. The standard InChI is InChI=1S/C21H22ClFN4O4S/c1-9(2)13-14(12(6-7-24-13)32-15(19(29)30)21(3,4)5)27-17-10(18(28)26-20(27)31)8-11(23)16(22)25-17/h6-9,15H,1-5H3,(H,29,30)(H,26,28,31). The summed E-state index contributed by atoms with van der Waals surface area (Å²) in [6.45, 7) is 9.12. The van der Waals surface area contributed by atoms with E-state index < -0.39 is 38.9 Å². The largest absolute Gasteiger partial charge is 0.480 e. The number of fused-ring (bicyclic) bond motifs is 1. The van der Waals surface area contributed by atoms with E-state index in [1.54, 1.807) is 26.8 Å². The zero-order valence-electron chi connectivity index (χ0n) is 18.1. The number of hydrogen-bond donors (Lipinski definition) is 2. The first-order chi connectivity index (χ1) is 14.8. The summed E-state index contributed by atoms with van der Waals surface area (Å²) in [4.78, 5) is 48.3. The molecule has 3 aromatic rings. The van der Waals surface area contributed by atoms with Gasteiger partial charge in [-0.1, -0.05) is 46.2 Å². The number of nitrogens with zero attached hydrogens (tertiary/aromatic N) is 3. The van der Waals surface area contributed by atoms with Crippen molar-refractivity contribution in [1.29, 1.82) is 0 Å². The highest BCUT2D eigenvalue weighted by Crippen LogP contribution is 2.40. The second kappa shape index (κ2) is 8.67. The van der Waals surface area contributed by atoms with Gasteiger partial charge in [-0.25, -0.2) is 18.7 Å². The van der Waals surface area contributed by atoms with Crippen molar-refractivity contribution in [2.45, 2.75) is 50.7 Å². The van der Waals surface area contributed by atoms with Crippen molar-refractivity contribution in [2.24, 2.45) is 5.41 Å². The Balaban J connectivity index is 2.44. The molecule has 170 valence electrons. The molecule has 0 saturated heterocycles. The van der Waals surface area contributed by atoms with Crippen molar-refractivity contribution < 1.29 is 14.3 Å². The fourth-order valence-corrected chi connectivity index (χ4v) is 4.53. The molecule has 0 aliphatic rings. The molecule has 8 nitrogen and oxygen atoms in total. The van der Waals surface area contributed by atoms with Crippen LogP contribution in [0, 0.1) is 11.2 Å². The van der Waals surface area contributed by atoms with Gasteiger partial charge >= 0.3 is 11.7 Å². The van der Waals surface area contributed by atoms with Crippen LogP contribution in [0.4, 0.5) is 4.39 Å². The van der Waals surface area contributed by atoms with Crippen LogP contribution < -0.4 is 11.2 Å². The SMILES string of the molecule is CC(C)c1nccc(SC(C(=O)O)C(C)(C)C)c1-n1c(=O)[nH]c(=O)c2cc(F)c(Cl)nc21. The summed E-state index contributed by atoms with van der Waals surface area (Å²) in [7, 11) is 0. The normalized spacial score (nSPS) is 13.0. The summed E-state index contributed by atoms with van der Waals surface area (Å²) in [5, 5.41) is 8.28. The number of thioether (sulfide) groups is 1. The van der Waals surface area contributed by atoms with Gasteiger partial charge in [0.1, 0.15) is 5.25 Å². The molecule has 32 heavy (non-hydrogen) atoms.